The molecule has 0 radical (unpaired) electrons. The van der Waals surface area contributed by atoms with Crippen molar-refractivity contribution in [3.05, 3.63) is 52.8 Å². The van der Waals surface area contributed by atoms with E-state index in [9.17, 15) is 18.0 Å². The normalized spacial score (nSPS) is 15.6. The fourth-order valence-electron chi connectivity index (χ4n) is 4.11. The van der Waals surface area contributed by atoms with Crippen molar-refractivity contribution in [1.29, 1.82) is 0 Å². The number of sulfonamides is 1. The second-order valence-corrected chi connectivity index (χ2v) is 11.3. The number of thiazole rings is 1. The Hall–Kier alpha value is -3.02. The summed E-state index contributed by atoms with van der Waals surface area (Å²) in [5.74, 6) is -0.332. The molecule has 1 aliphatic rings. The highest BCUT2D eigenvalue weighted by Gasteiger charge is 2.25. The fourth-order valence-corrected chi connectivity index (χ4v) is 6.68. The van der Waals surface area contributed by atoms with Crippen molar-refractivity contribution in [3.8, 4) is 5.75 Å². The molecule has 0 saturated carbocycles. The number of ether oxygens (including phenoxy) is 2. The second-order valence-electron chi connectivity index (χ2n) is 8.37. The van der Waals surface area contributed by atoms with Crippen LogP contribution in [0, 0.1) is 0 Å². The molecule has 9 nitrogen and oxygen atoms in total. The van der Waals surface area contributed by atoms with E-state index in [0.29, 0.717) is 23.6 Å². The van der Waals surface area contributed by atoms with Gasteiger partial charge in [0, 0.05) is 18.7 Å². The minimum Gasteiger partial charge on any atom is -0.497 e. The van der Waals surface area contributed by atoms with Gasteiger partial charge in [-0.2, -0.15) is 9.30 Å². The van der Waals surface area contributed by atoms with Gasteiger partial charge in [-0.25, -0.2) is 8.42 Å². The summed E-state index contributed by atoms with van der Waals surface area (Å²) in [4.78, 5) is 30.0. The lowest BCUT2D eigenvalue weighted by atomic mass is 10.2. The van der Waals surface area contributed by atoms with Crippen molar-refractivity contribution in [2.45, 2.75) is 44.0 Å². The molecular weight excluding hydrogens is 502 g/mol. The number of carbonyl (C=O) groups is 2. The minimum atomic E-state index is -3.61. The molecule has 3 aromatic rings. The number of methoxy groups -OCH3 is 1. The zero-order chi connectivity index (χ0) is 25.7. The Labute approximate surface area is 214 Å². The van der Waals surface area contributed by atoms with Gasteiger partial charge in [-0.1, -0.05) is 24.2 Å². The van der Waals surface area contributed by atoms with E-state index in [1.54, 1.807) is 30.7 Å². The maximum atomic E-state index is 13.0. The molecule has 2 aromatic carbocycles. The van der Waals surface area contributed by atoms with Crippen LogP contribution in [-0.4, -0.2) is 56.0 Å². The molecule has 1 saturated heterocycles. The topological polar surface area (TPSA) is 107 Å². The van der Waals surface area contributed by atoms with Crippen LogP contribution >= 0.6 is 11.3 Å². The molecule has 0 atom stereocenters. The molecule has 36 heavy (non-hydrogen) atoms. The zero-order valence-corrected chi connectivity index (χ0v) is 21.9. The van der Waals surface area contributed by atoms with Crippen molar-refractivity contribution >= 4 is 43.5 Å². The predicted octanol–water partition coefficient (Wildman–Crippen LogP) is 3.58. The summed E-state index contributed by atoms with van der Waals surface area (Å²) in [5, 5.41) is 0. The minimum absolute atomic E-state index is 0.0979. The molecule has 0 spiro atoms. The summed E-state index contributed by atoms with van der Waals surface area (Å²) in [6.07, 6.45) is 3.76. The maximum Gasteiger partial charge on any atom is 0.326 e. The number of benzene rings is 2. The number of hydrogen-bond acceptors (Lipinski definition) is 7. The SMILES string of the molecule is CCOC(=O)Cn1c(=NC(=O)c2ccc(S(=O)(=O)N3CCCCCC3)cc2)sc2cc(OC)ccc21. The van der Waals surface area contributed by atoms with Gasteiger partial charge in [0.15, 0.2) is 4.80 Å². The van der Waals surface area contributed by atoms with Crippen LogP contribution in [0.2, 0.25) is 0 Å². The largest absolute Gasteiger partial charge is 0.497 e. The van der Waals surface area contributed by atoms with E-state index in [1.807, 2.05) is 6.07 Å². The van der Waals surface area contributed by atoms with Crippen LogP contribution in [-0.2, 0) is 26.1 Å². The van der Waals surface area contributed by atoms with E-state index >= 15 is 0 Å². The summed E-state index contributed by atoms with van der Waals surface area (Å²) in [6, 6.07) is 11.2. The van der Waals surface area contributed by atoms with Crippen LogP contribution < -0.4 is 9.54 Å². The molecule has 1 aromatic heterocycles. The summed E-state index contributed by atoms with van der Waals surface area (Å²) in [7, 11) is -2.05. The number of nitrogens with zero attached hydrogens (tertiary/aromatic N) is 3. The summed E-state index contributed by atoms with van der Waals surface area (Å²) in [6.45, 7) is 2.89. The van der Waals surface area contributed by atoms with E-state index in [4.69, 9.17) is 9.47 Å². The van der Waals surface area contributed by atoms with E-state index < -0.39 is 21.9 Å². The van der Waals surface area contributed by atoms with Crippen molar-refractivity contribution in [1.82, 2.24) is 8.87 Å². The van der Waals surface area contributed by atoms with E-state index in [0.717, 1.165) is 35.9 Å². The van der Waals surface area contributed by atoms with Gasteiger partial charge in [0.25, 0.3) is 5.91 Å². The Balaban J connectivity index is 1.65. The molecule has 0 aliphatic carbocycles. The Morgan fingerprint density at radius 2 is 1.72 bits per heavy atom. The zero-order valence-electron chi connectivity index (χ0n) is 20.3. The molecule has 0 N–H and O–H groups in total. The first-order chi connectivity index (χ1) is 17.3. The molecule has 1 amide bonds. The molecule has 1 fully saturated rings. The molecular formula is C25H29N3O6S2. The number of carbonyl (C=O) groups excluding carboxylic acids is 2. The Bertz CT molecular complexity index is 1420. The van der Waals surface area contributed by atoms with Gasteiger partial charge in [-0.15, -0.1) is 0 Å². The van der Waals surface area contributed by atoms with Crippen LogP contribution in [0.5, 0.6) is 5.75 Å². The first-order valence-corrected chi connectivity index (χ1v) is 14.1. The van der Waals surface area contributed by atoms with Crippen LogP contribution in [0.3, 0.4) is 0 Å². The smallest absolute Gasteiger partial charge is 0.326 e. The summed E-state index contributed by atoms with van der Waals surface area (Å²) < 4.78 is 40.4. The van der Waals surface area contributed by atoms with Crippen molar-refractivity contribution in [2.24, 2.45) is 4.99 Å². The third-order valence-electron chi connectivity index (χ3n) is 5.98. The van der Waals surface area contributed by atoms with E-state index in [-0.39, 0.29) is 23.6 Å². The van der Waals surface area contributed by atoms with Gasteiger partial charge in [0.05, 0.1) is 28.8 Å². The third kappa shape index (κ3) is 5.69. The van der Waals surface area contributed by atoms with E-state index in [2.05, 4.69) is 4.99 Å². The van der Waals surface area contributed by atoms with Crippen LogP contribution in [0.1, 0.15) is 43.0 Å². The third-order valence-corrected chi connectivity index (χ3v) is 8.94. The van der Waals surface area contributed by atoms with Crippen LogP contribution in [0.25, 0.3) is 10.2 Å². The highest BCUT2D eigenvalue weighted by atomic mass is 32.2. The number of rotatable bonds is 7. The van der Waals surface area contributed by atoms with Gasteiger partial charge < -0.3 is 14.0 Å². The Morgan fingerprint density at radius 1 is 1.03 bits per heavy atom. The van der Waals surface area contributed by atoms with Gasteiger partial charge >= 0.3 is 5.97 Å². The predicted molar refractivity (Wildman–Crippen MR) is 137 cm³/mol. The average molecular weight is 532 g/mol. The standard InChI is InChI=1S/C25H29N3O6S2/c1-3-34-23(29)17-28-21-13-10-19(33-2)16-22(21)35-25(28)26-24(30)18-8-11-20(12-9-18)36(31,32)27-14-6-4-5-7-15-27/h8-13,16H,3-7,14-15,17H2,1-2H3. The average Bonchev–Trinajstić information content (AvgIpc) is 3.03. The fraction of sp³-hybridized carbons (Fsp3) is 0.400. The van der Waals surface area contributed by atoms with Gasteiger partial charge in [-0.05, 0) is 62.2 Å². The number of amides is 1. The molecule has 0 unspecified atom stereocenters. The molecule has 2 heterocycles. The molecule has 1 aliphatic heterocycles. The first-order valence-electron chi connectivity index (χ1n) is 11.9. The lowest BCUT2D eigenvalue weighted by Gasteiger charge is -2.19. The number of esters is 1. The van der Waals surface area contributed by atoms with Crippen LogP contribution in [0.4, 0.5) is 0 Å². The molecule has 0 bridgehead atoms. The quantitative estimate of drug-likeness (QED) is 0.432. The second kappa shape index (κ2) is 11.4. The highest BCUT2D eigenvalue weighted by Crippen LogP contribution is 2.24. The monoisotopic (exact) mass is 531 g/mol. The highest BCUT2D eigenvalue weighted by molar-refractivity contribution is 7.89. The Kier molecular flexibility index (Phi) is 8.22. The summed E-state index contributed by atoms with van der Waals surface area (Å²) >= 11 is 1.25. The number of aromatic nitrogens is 1. The first kappa shape index (κ1) is 26.1. The molecule has 4 rings (SSSR count). The Morgan fingerprint density at radius 3 is 2.36 bits per heavy atom. The maximum absolute atomic E-state index is 13.0. The van der Waals surface area contributed by atoms with E-state index in [1.165, 1.54) is 39.9 Å². The number of fused-ring (bicyclic) bond motifs is 1. The van der Waals surface area contributed by atoms with Crippen LogP contribution in [0.15, 0.2) is 52.4 Å². The molecule has 11 heteroatoms. The van der Waals surface area contributed by atoms with Crippen molar-refractivity contribution in [2.75, 3.05) is 26.8 Å². The molecule has 192 valence electrons. The van der Waals surface area contributed by atoms with Crippen molar-refractivity contribution in [3.63, 3.8) is 0 Å². The van der Waals surface area contributed by atoms with Gasteiger partial charge in [0.2, 0.25) is 10.0 Å². The lowest BCUT2D eigenvalue weighted by molar-refractivity contribution is -0.143. The summed E-state index contributed by atoms with van der Waals surface area (Å²) in [5.41, 5.74) is 0.974. The number of hydrogen-bond donors (Lipinski definition) is 0. The lowest BCUT2D eigenvalue weighted by Crippen LogP contribution is -2.31. The van der Waals surface area contributed by atoms with Gasteiger partial charge in [0.1, 0.15) is 12.3 Å². The van der Waals surface area contributed by atoms with Crippen molar-refractivity contribution < 1.29 is 27.5 Å². The van der Waals surface area contributed by atoms with Gasteiger partial charge in [-0.3, -0.25) is 9.59 Å².